The normalized spacial score (nSPS) is 14.7. The molecule has 4 rings (SSSR count). The van der Waals surface area contributed by atoms with Crippen LogP contribution in [0.1, 0.15) is 18.1 Å². The second-order valence-corrected chi connectivity index (χ2v) is 6.70. The number of rotatable bonds is 5. The summed E-state index contributed by atoms with van der Waals surface area (Å²) in [6.07, 6.45) is 4.04. The molecule has 7 nitrogen and oxygen atoms in total. The van der Waals surface area contributed by atoms with E-state index in [2.05, 4.69) is 25.7 Å². The van der Waals surface area contributed by atoms with Crippen molar-refractivity contribution < 1.29 is 13.6 Å². The molecule has 0 radical (unpaired) electrons. The third-order valence-electron chi connectivity index (χ3n) is 4.62. The molecule has 2 N–H and O–H groups in total. The highest BCUT2D eigenvalue weighted by Gasteiger charge is 2.27. The Hall–Kier alpha value is -3.62. The van der Waals surface area contributed by atoms with Crippen molar-refractivity contribution in [3.63, 3.8) is 0 Å². The molecule has 3 aromatic heterocycles. The Morgan fingerprint density at radius 1 is 1.28 bits per heavy atom. The van der Waals surface area contributed by atoms with Crippen LogP contribution in [-0.2, 0) is 11.3 Å². The number of halogens is 2. The van der Waals surface area contributed by atoms with Gasteiger partial charge in [-0.1, -0.05) is 0 Å². The van der Waals surface area contributed by atoms with Crippen LogP contribution in [0.2, 0.25) is 0 Å². The molecule has 9 heteroatoms. The molecule has 29 heavy (non-hydrogen) atoms. The first-order valence-corrected chi connectivity index (χ1v) is 8.94. The topological polar surface area (TPSA) is 84.7 Å². The summed E-state index contributed by atoms with van der Waals surface area (Å²) in [5, 5.41) is 9.89. The molecule has 4 heterocycles. The fourth-order valence-electron chi connectivity index (χ4n) is 3.25. The van der Waals surface area contributed by atoms with Crippen molar-refractivity contribution in [3.8, 4) is 11.3 Å². The third-order valence-corrected chi connectivity index (χ3v) is 4.62. The SMILES string of the molecule is C/C(Nc1ccn(CC(F)F)n1)=C1/C(=O)Nc2cnc(-c3cnccc3C)cc21. The van der Waals surface area contributed by atoms with Crippen LogP contribution in [0, 0.1) is 6.92 Å². The fourth-order valence-corrected chi connectivity index (χ4v) is 3.25. The van der Waals surface area contributed by atoms with E-state index in [-0.39, 0.29) is 5.91 Å². The number of nitrogens with zero attached hydrogens (tertiary/aromatic N) is 4. The minimum absolute atomic E-state index is 0.265. The Balaban J connectivity index is 1.68. The van der Waals surface area contributed by atoms with Crippen molar-refractivity contribution >= 4 is 23.0 Å². The van der Waals surface area contributed by atoms with Crippen LogP contribution in [0.5, 0.6) is 0 Å². The van der Waals surface area contributed by atoms with Gasteiger partial charge in [0.05, 0.1) is 23.2 Å². The number of hydrogen-bond donors (Lipinski definition) is 2. The summed E-state index contributed by atoms with van der Waals surface area (Å²) in [5.41, 5.74) is 4.94. The number of nitrogens with one attached hydrogen (secondary N) is 2. The summed E-state index contributed by atoms with van der Waals surface area (Å²) in [7, 11) is 0. The molecule has 0 saturated carbocycles. The smallest absolute Gasteiger partial charge is 0.258 e. The molecule has 1 amide bonds. The van der Waals surface area contributed by atoms with Gasteiger partial charge in [0.1, 0.15) is 6.54 Å². The first kappa shape index (κ1) is 18.7. The van der Waals surface area contributed by atoms with E-state index in [4.69, 9.17) is 0 Å². The lowest BCUT2D eigenvalue weighted by Gasteiger charge is -2.09. The van der Waals surface area contributed by atoms with Crippen LogP contribution in [0.4, 0.5) is 20.3 Å². The predicted octanol–water partition coefficient (Wildman–Crippen LogP) is 3.71. The number of fused-ring (bicyclic) bond motifs is 1. The number of aromatic nitrogens is 4. The predicted molar refractivity (Wildman–Crippen MR) is 105 cm³/mol. The van der Waals surface area contributed by atoms with E-state index in [9.17, 15) is 13.6 Å². The molecule has 148 valence electrons. The van der Waals surface area contributed by atoms with Crippen molar-refractivity contribution in [2.75, 3.05) is 10.6 Å². The molecule has 0 atom stereocenters. The number of anilines is 2. The summed E-state index contributed by atoms with van der Waals surface area (Å²) >= 11 is 0. The zero-order chi connectivity index (χ0) is 20.5. The molecule has 0 aromatic carbocycles. The fraction of sp³-hybridized carbons (Fsp3) is 0.200. The molecule has 0 aliphatic carbocycles. The molecule has 0 bridgehead atoms. The molecule has 0 unspecified atom stereocenters. The summed E-state index contributed by atoms with van der Waals surface area (Å²) in [6, 6.07) is 5.32. The number of carbonyl (C=O) groups is 1. The van der Waals surface area contributed by atoms with Gasteiger partial charge < -0.3 is 10.6 Å². The van der Waals surface area contributed by atoms with E-state index in [1.54, 1.807) is 31.6 Å². The van der Waals surface area contributed by atoms with E-state index < -0.39 is 13.0 Å². The molecular formula is C20H18F2N6O. The third kappa shape index (κ3) is 3.71. The Morgan fingerprint density at radius 2 is 2.10 bits per heavy atom. The summed E-state index contributed by atoms with van der Waals surface area (Å²) in [6.45, 7) is 3.22. The van der Waals surface area contributed by atoms with E-state index >= 15 is 0 Å². The van der Waals surface area contributed by atoms with Crippen LogP contribution in [-0.4, -0.2) is 32.1 Å². The standard InChI is InChI=1S/C20H18F2N6O/c1-11-3-5-23-8-14(11)15-7-13-16(9-24-15)26-20(29)19(13)12(2)25-18-4-6-28(27-18)10-17(21)22/h3-9,17H,10H2,1-2H3,(H,25,27)(H,26,29)/b19-12-. The van der Waals surface area contributed by atoms with Gasteiger partial charge in [0.15, 0.2) is 5.82 Å². The van der Waals surface area contributed by atoms with Crippen LogP contribution >= 0.6 is 0 Å². The largest absolute Gasteiger partial charge is 0.342 e. The van der Waals surface area contributed by atoms with Gasteiger partial charge in [0.2, 0.25) is 0 Å². The van der Waals surface area contributed by atoms with Gasteiger partial charge in [-0.2, -0.15) is 5.10 Å². The molecule has 0 spiro atoms. The highest BCUT2D eigenvalue weighted by atomic mass is 19.3. The van der Waals surface area contributed by atoms with Crippen LogP contribution in [0.15, 0.2) is 48.7 Å². The first-order valence-electron chi connectivity index (χ1n) is 8.94. The summed E-state index contributed by atoms with van der Waals surface area (Å²) in [5.74, 6) is 0.119. The molecule has 3 aromatic rings. The van der Waals surface area contributed by atoms with Crippen molar-refractivity contribution in [1.29, 1.82) is 0 Å². The maximum atomic E-state index is 12.6. The average molecular weight is 396 g/mol. The Labute approximate surface area is 165 Å². The minimum Gasteiger partial charge on any atom is -0.342 e. The Kier molecular flexibility index (Phi) is 4.79. The highest BCUT2D eigenvalue weighted by Crippen LogP contribution is 2.36. The van der Waals surface area contributed by atoms with Crippen molar-refractivity contribution in [2.24, 2.45) is 0 Å². The van der Waals surface area contributed by atoms with Crippen LogP contribution in [0.25, 0.3) is 16.8 Å². The lowest BCUT2D eigenvalue weighted by atomic mass is 10.0. The van der Waals surface area contributed by atoms with Crippen molar-refractivity contribution in [1.82, 2.24) is 19.7 Å². The molecular weight excluding hydrogens is 378 g/mol. The van der Waals surface area contributed by atoms with Gasteiger partial charge in [-0.25, -0.2) is 8.78 Å². The van der Waals surface area contributed by atoms with Gasteiger partial charge in [-0.05, 0) is 31.5 Å². The zero-order valence-corrected chi connectivity index (χ0v) is 15.8. The molecule has 1 aliphatic heterocycles. The maximum absolute atomic E-state index is 12.6. The van der Waals surface area contributed by atoms with Gasteiger partial charge in [0, 0.05) is 41.5 Å². The number of carbonyl (C=O) groups excluding carboxylic acids is 1. The van der Waals surface area contributed by atoms with Crippen LogP contribution < -0.4 is 10.6 Å². The van der Waals surface area contributed by atoms with E-state index in [1.165, 1.54) is 6.20 Å². The van der Waals surface area contributed by atoms with E-state index in [0.29, 0.717) is 34.0 Å². The second-order valence-electron chi connectivity index (χ2n) is 6.70. The highest BCUT2D eigenvalue weighted by molar-refractivity contribution is 6.32. The molecule has 0 saturated heterocycles. The van der Waals surface area contributed by atoms with Gasteiger partial charge in [-0.3, -0.25) is 19.4 Å². The number of alkyl halides is 2. The first-order chi connectivity index (χ1) is 13.9. The Bertz CT molecular complexity index is 1120. The number of amides is 1. The van der Waals surface area contributed by atoms with Gasteiger partial charge in [-0.15, -0.1) is 0 Å². The lowest BCUT2D eigenvalue weighted by Crippen LogP contribution is -2.10. The number of aryl methyl sites for hydroxylation is 1. The van der Waals surface area contributed by atoms with E-state index in [0.717, 1.165) is 15.8 Å². The van der Waals surface area contributed by atoms with Gasteiger partial charge in [0.25, 0.3) is 12.3 Å². The Morgan fingerprint density at radius 3 is 2.86 bits per heavy atom. The maximum Gasteiger partial charge on any atom is 0.258 e. The zero-order valence-electron chi connectivity index (χ0n) is 15.8. The second kappa shape index (κ2) is 7.42. The van der Waals surface area contributed by atoms with E-state index in [1.807, 2.05) is 19.1 Å². The minimum atomic E-state index is -2.49. The summed E-state index contributed by atoms with van der Waals surface area (Å²) < 4.78 is 26.2. The molecule has 0 fully saturated rings. The van der Waals surface area contributed by atoms with Crippen molar-refractivity contribution in [2.45, 2.75) is 26.8 Å². The lowest BCUT2D eigenvalue weighted by molar-refractivity contribution is -0.110. The monoisotopic (exact) mass is 396 g/mol. The number of allylic oxidation sites excluding steroid dienone is 1. The molecule has 1 aliphatic rings. The van der Waals surface area contributed by atoms with Gasteiger partial charge >= 0.3 is 0 Å². The quantitative estimate of drug-likeness (QED) is 0.643. The number of hydrogen-bond acceptors (Lipinski definition) is 5. The van der Waals surface area contributed by atoms with Crippen molar-refractivity contribution in [3.05, 3.63) is 59.8 Å². The average Bonchev–Trinajstić information content (AvgIpc) is 3.23. The van der Waals surface area contributed by atoms with Crippen LogP contribution in [0.3, 0.4) is 0 Å². The summed E-state index contributed by atoms with van der Waals surface area (Å²) in [4.78, 5) is 21.1. The number of pyridine rings is 2.